The molecule has 1 aliphatic heterocycles. The van der Waals surface area contributed by atoms with Crippen molar-refractivity contribution in [1.29, 1.82) is 0 Å². The number of carbonyl (C=O) groups is 1. The van der Waals surface area contributed by atoms with Gasteiger partial charge in [0, 0.05) is 42.0 Å². The fourth-order valence-electron chi connectivity index (χ4n) is 8.90. The Bertz CT molecular complexity index is 2270. The predicted octanol–water partition coefficient (Wildman–Crippen LogP) is 14.4. The van der Waals surface area contributed by atoms with Gasteiger partial charge in [0.15, 0.2) is 20.9 Å². The van der Waals surface area contributed by atoms with E-state index < -0.39 is 42.7 Å². The molecule has 0 spiro atoms. The van der Waals surface area contributed by atoms with Crippen molar-refractivity contribution < 1.29 is 37.3 Å². The first-order valence-corrected chi connectivity index (χ1v) is 35.3. The highest BCUT2D eigenvalue weighted by atomic mass is 35.5. The number of ether oxygens (including phenoxy) is 5. The number of hydrogen-bond donors (Lipinski definition) is 0. The quantitative estimate of drug-likeness (QED) is 0.0224. The zero-order valence-corrected chi connectivity index (χ0v) is 50.3. The van der Waals surface area contributed by atoms with E-state index in [2.05, 4.69) is 173 Å². The molecule has 0 aliphatic carbocycles. The summed E-state index contributed by atoms with van der Waals surface area (Å²) in [5.41, 5.74) is 1.65. The maximum absolute atomic E-state index is 13.7. The van der Waals surface area contributed by atoms with Gasteiger partial charge in [-0.3, -0.25) is 4.79 Å². The lowest BCUT2D eigenvalue weighted by molar-refractivity contribution is -0.152. The Morgan fingerprint density at radius 2 is 1.38 bits per heavy atom. The van der Waals surface area contributed by atoms with Gasteiger partial charge < -0.3 is 32.5 Å². The molecule has 0 radical (unpaired) electrons. The second kappa shape index (κ2) is 25.0. The predicted molar refractivity (Wildman–Crippen MR) is 303 cm³/mol. The monoisotopic (exact) mass is 1060 g/mol. The maximum atomic E-state index is 13.7. The molecule has 0 amide bonds. The number of carbonyl (C=O) groups excluding carboxylic acids is 1. The lowest BCUT2D eigenvalue weighted by Gasteiger charge is -2.45. The molecule has 0 saturated carbocycles. The summed E-state index contributed by atoms with van der Waals surface area (Å²) in [6, 6.07) is 36.6. The highest BCUT2D eigenvalue weighted by Crippen LogP contribution is 2.47. The molecule has 2 unspecified atom stereocenters. The van der Waals surface area contributed by atoms with Gasteiger partial charge >= 0.3 is 5.97 Å². The van der Waals surface area contributed by atoms with Crippen molar-refractivity contribution in [3.8, 4) is 5.75 Å². The fourth-order valence-corrected chi connectivity index (χ4v) is 17.1. The van der Waals surface area contributed by atoms with Crippen molar-refractivity contribution in [3.63, 3.8) is 0 Å². The molecule has 1 saturated heterocycles. The van der Waals surface area contributed by atoms with Gasteiger partial charge in [0.2, 0.25) is 0 Å². The van der Waals surface area contributed by atoms with E-state index in [9.17, 15) is 4.79 Å². The molecule has 5 rings (SSSR count). The number of thioether (sulfide) groups is 1. The van der Waals surface area contributed by atoms with Crippen LogP contribution < -0.4 is 15.1 Å². The number of halogens is 1. The molecule has 8 nitrogen and oxygen atoms in total. The van der Waals surface area contributed by atoms with Gasteiger partial charge in [0.25, 0.3) is 8.32 Å². The smallest absolute Gasteiger partial charge is 0.310 e. The Kier molecular flexibility index (Phi) is 20.7. The first-order chi connectivity index (χ1) is 33.2. The lowest BCUT2D eigenvalue weighted by Crippen LogP contribution is -2.67. The summed E-state index contributed by atoms with van der Waals surface area (Å²) in [4.78, 5) is 14.8. The molecule has 0 N–H and O–H groups in total. The van der Waals surface area contributed by atoms with Gasteiger partial charge in [0.1, 0.15) is 11.9 Å². The van der Waals surface area contributed by atoms with Crippen molar-refractivity contribution in [2.24, 2.45) is 5.92 Å². The number of esters is 1. The van der Waals surface area contributed by atoms with Crippen LogP contribution in [0.3, 0.4) is 0 Å². The summed E-state index contributed by atoms with van der Waals surface area (Å²) in [6.45, 7) is 34.1. The molecule has 71 heavy (non-hydrogen) atoms. The van der Waals surface area contributed by atoms with Gasteiger partial charge in [-0.05, 0) is 109 Å². The largest absolute Gasteiger partial charge is 0.467 e. The van der Waals surface area contributed by atoms with Crippen molar-refractivity contribution in [1.82, 2.24) is 0 Å². The SMILES string of the molecule is COCOc1cc(Cl)cc(C(CC[C@H]2OC(C)(C)O[C@@H]2C(/C=C\[C@H](C)[C@H](C)O[Si](c2ccccc2)(c2ccccc2)C(C)(C)C)O[Si](C)(C)C(C)(C)C)Sc2ccccc2)c1CC(=O)OCC[Si](C)(C)C. The van der Waals surface area contributed by atoms with Gasteiger partial charge in [0.05, 0.1) is 25.2 Å². The topological polar surface area (TPSA) is 81.7 Å². The second-order valence-corrected chi connectivity index (χ2v) is 39.8. The highest BCUT2D eigenvalue weighted by Gasteiger charge is 2.52. The summed E-state index contributed by atoms with van der Waals surface area (Å²) in [7, 11) is -5.04. The average Bonchev–Trinajstić information content (AvgIpc) is 3.61. The molecule has 1 heterocycles. The van der Waals surface area contributed by atoms with E-state index in [1.807, 2.05) is 38.1 Å². The van der Waals surface area contributed by atoms with E-state index in [0.29, 0.717) is 30.2 Å². The van der Waals surface area contributed by atoms with Gasteiger partial charge in [-0.15, -0.1) is 11.8 Å². The first kappa shape index (κ1) is 58.9. The standard InChI is InChI=1S/C58H85ClO8SSi3/c1-42(43(2)66-71(57(6,7)8,46-28-22-18-23-29-46)47-30-24-19-25-31-47)32-33-51(67-70(15,16)56(3,4)5)55-50(64-58(9,10)65-55)34-35-53(68-45-26-20-17-21-27-45)49-38-44(59)39-52(63-41-61-11)48(49)40-54(60)62-36-37-69(12,13)14/h17-33,38-39,42-43,50-51,53,55H,34-37,40-41H2,1-16H3/b33-32-/t42-,43-,50+,51?,53?,55-/m0/s1. The number of benzene rings is 4. The molecule has 13 heteroatoms. The van der Waals surface area contributed by atoms with Crippen LogP contribution >= 0.6 is 23.4 Å². The maximum Gasteiger partial charge on any atom is 0.310 e. The van der Waals surface area contributed by atoms with Crippen LogP contribution in [0, 0.1) is 5.92 Å². The summed E-state index contributed by atoms with van der Waals surface area (Å²) in [5.74, 6) is -0.636. The molecule has 1 fully saturated rings. The fraction of sp³-hybridized carbons (Fsp3) is 0.534. The van der Waals surface area contributed by atoms with Crippen LogP contribution in [0.5, 0.6) is 5.75 Å². The molecule has 0 aromatic heterocycles. The van der Waals surface area contributed by atoms with Crippen LogP contribution in [0.1, 0.15) is 98.5 Å². The van der Waals surface area contributed by atoms with Crippen molar-refractivity contribution >= 4 is 64.4 Å². The van der Waals surface area contributed by atoms with Crippen LogP contribution in [0.25, 0.3) is 0 Å². The Hall–Kier alpha value is -3.02. The minimum atomic E-state index is -2.82. The molecule has 4 aromatic carbocycles. The Morgan fingerprint density at radius 1 is 0.803 bits per heavy atom. The summed E-state index contributed by atoms with van der Waals surface area (Å²) < 4.78 is 46.3. The van der Waals surface area contributed by atoms with Gasteiger partial charge in [-0.25, -0.2) is 0 Å². The van der Waals surface area contributed by atoms with E-state index in [1.54, 1.807) is 24.9 Å². The normalized spacial score (nSPS) is 18.5. The minimum absolute atomic E-state index is 0.00404. The van der Waals surface area contributed by atoms with E-state index >= 15 is 0 Å². The molecule has 4 aromatic rings. The van der Waals surface area contributed by atoms with Crippen molar-refractivity contribution in [2.75, 3.05) is 20.5 Å². The third kappa shape index (κ3) is 16.2. The number of rotatable bonds is 24. The zero-order chi connectivity index (χ0) is 52.4. The molecule has 1 aliphatic rings. The van der Waals surface area contributed by atoms with E-state index in [4.69, 9.17) is 44.1 Å². The third-order valence-electron chi connectivity index (χ3n) is 14.0. The number of hydrogen-bond acceptors (Lipinski definition) is 9. The molecule has 0 bridgehead atoms. The van der Waals surface area contributed by atoms with E-state index in [0.717, 1.165) is 22.1 Å². The number of methoxy groups -OCH3 is 1. The zero-order valence-electron chi connectivity index (χ0n) is 45.7. The van der Waals surface area contributed by atoms with Crippen LogP contribution in [0.15, 0.2) is 120 Å². The van der Waals surface area contributed by atoms with Gasteiger partial charge in [-0.2, -0.15) is 0 Å². The minimum Gasteiger partial charge on any atom is -0.467 e. The first-order valence-electron chi connectivity index (χ1n) is 25.5. The Morgan fingerprint density at radius 3 is 1.92 bits per heavy atom. The third-order valence-corrected chi connectivity index (χ3v) is 26.8. The molecule has 6 atom stereocenters. The van der Waals surface area contributed by atoms with Crippen LogP contribution in [0.4, 0.5) is 0 Å². The van der Waals surface area contributed by atoms with E-state index in [-0.39, 0.29) is 52.6 Å². The van der Waals surface area contributed by atoms with Crippen LogP contribution in [0.2, 0.25) is 53.9 Å². The van der Waals surface area contributed by atoms with Crippen LogP contribution in [-0.2, 0) is 39.0 Å². The molecular weight excluding hydrogens is 976 g/mol. The summed E-state index contributed by atoms with van der Waals surface area (Å²) in [6.07, 6.45) is 4.56. The summed E-state index contributed by atoms with van der Waals surface area (Å²) >= 11 is 8.67. The summed E-state index contributed by atoms with van der Waals surface area (Å²) in [5, 5.41) is 2.64. The lowest BCUT2D eigenvalue weighted by atomic mass is 9.95. The van der Waals surface area contributed by atoms with Crippen molar-refractivity contribution in [2.45, 2.75) is 178 Å². The Labute approximate surface area is 440 Å². The van der Waals surface area contributed by atoms with Crippen LogP contribution in [-0.4, -0.2) is 81.4 Å². The highest BCUT2D eigenvalue weighted by molar-refractivity contribution is 7.99. The van der Waals surface area contributed by atoms with E-state index in [1.165, 1.54) is 10.4 Å². The molecule has 390 valence electrons. The average molecular weight is 1060 g/mol. The van der Waals surface area contributed by atoms with Gasteiger partial charge in [-0.1, -0.05) is 171 Å². The second-order valence-electron chi connectivity index (χ2n) is 23.4. The van der Waals surface area contributed by atoms with Crippen molar-refractivity contribution in [3.05, 3.63) is 131 Å². The molecular formula is C58H85ClO8SSi3. The Balaban J connectivity index is 1.52.